The normalized spacial score (nSPS) is 11.1. The minimum atomic E-state index is 0.384. The van der Waals surface area contributed by atoms with Crippen molar-refractivity contribution in [1.82, 2.24) is 15.0 Å². The van der Waals surface area contributed by atoms with Crippen LogP contribution in [0, 0.1) is 0 Å². The first-order valence-electron chi connectivity index (χ1n) is 4.60. The number of aromatic amines is 1. The summed E-state index contributed by atoms with van der Waals surface area (Å²) in [5.41, 5.74) is 1.67. The van der Waals surface area contributed by atoms with E-state index in [2.05, 4.69) is 28.8 Å². The first kappa shape index (κ1) is 8.99. The van der Waals surface area contributed by atoms with Gasteiger partial charge in [-0.2, -0.15) is 0 Å². The van der Waals surface area contributed by atoms with Crippen LogP contribution in [0.15, 0.2) is 12.3 Å². The summed E-state index contributed by atoms with van der Waals surface area (Å²) in [6, 6.07) is 1.90. The van der Waals surface area contributed by atoms with Crippen LogP contribution in [0.2, 0.25) is 0 Å². The number of hydrogen-bond acceptors (Lipinski definition) is 3. The lowest BCUT2D eigenvalue weighted by atomic mass is 10.2. The van der Waals surface area contributed by atoms with Crippen molar-refractivity contribution in [3.05, 3.63) is 18.1 Å². The van der Waals surface area contributed by atoms with Crippen molar-refractivity contribution in [3.63, 3.8) is 0 Å². The van der Waals surface area contributed by atoms with Crippen LogP contribution in [0.25, 0.3) is 11.2 Å². The van der Waals surface area contributed by atoms with Crippen LogP contribution >= 0.6 is 0 Å². The fraction of sp³-hybridized carbons (Fsp3) is 0.400. The van der Waals surface area contributed by atoms with Gasteiger partial charge in [-0.25, -0.2) is 9.97 Å². The molecule has 0 radical (unpaired) electrons. The number of aromatic nitrogens is 3. The predicted molar refractivity (Wildman–Crippen MR) is 54.5 cm³/mol. The molecule has 0 saturated heterocycles. The van der Waals surface area contributed by atoms with Crippen molar-refractivity contribution in [2.45, 2.75) is 19.8 Å². The summed E-state index contributed by atoms with van der Waals surface area (Å²) in [6.45, 7) is 4.18. The number of methoxy groups -OCH3 is 1. The van der Waals surface area contributed by atoms with Gasteiger partial charge < -0.3 is 9.72 Å². The lowest BCUT2D eigenvalue weighted by molar-refractivity contribution is 0.413. The summed E-state index contributed by atoms with van der Waals surface area (Å²) < 4.78 is 5.08. The van der Waals surface area contributed by atoms with Gasteiger partial charge in [0.15, 0.2) is 5.65 Å². The second-order valence-electron chi connectivity index (χ2n) is 3.52. The van der Waals surface area contributed by atoms with Crippen molar-refractivity contribution in [1.29, 1.82) is 0 Å². The molecule has 0 fully saturated rings. The maximum Gasteiger partial charge on any atom is 0.177 e. The van der Waals surface area contributed by atoms with Crippen molar-refractivity contribution in [2.24, 2.45) is 0 Å². The van der Waals surface area contributed by atoms with E-state index in [1.807, 2.05) is 6.07 Å². The monoisotopic (exact) mass is 191 g/mol. The van der Waals surface area contributed by atoms with E-state index in [9.17, 15) is 0 Å². The molecule has 0 aliphatic carbocycles. The quantitative estimate of drug-likeness (QED) is 0.790. The van der Waals surface area contributed by atoms with E-state index in [0.29, 0.717) is 5.92 Å². The zero-order valence-electron chi connectivity index (χ0n) is 8.53. The smallest absolute Gasteiger partial charge is 0.177 e. The van der Waals surface area contributed by atoms with Crippen LogP contribution < -0.4 is 4.74 Å². The van der Waals surface area contributed by atoms with Gasteiger partial charge in [0, 0.05) is 12.0 Å². The predicted octanol–water partition coefficient (Wildman–Crippen LogP) is 2.09. The van der Waals surface area contributed by atoms with E-state index >= 15 is 0 Å². The number of rotatable bonds is 2. The zero-order valence-corrected chi connectivity index (χ0v) is 8.53. The number of hydrogen-bond donors (Lipinski definition) is 1. The van der Waals surface area contributed by atoms with Crippen molar-refractivity contribution in [2.75, 3.05) is 7.11 Å². The molecule has 74 valence electrons. The van der Waals surface area contributed by atoms with Crippen LogP contribution in [-0.2, 0) is 0 Å². The molecule has 2 aromatic rings. The second-order valence-corrected chi connectivity index (χ2v) is 3.52. The summed E-state index contributed by atoms with van der Waals surface area (Å²) in [7, 11) is 1.63. The molecule has 4 heteroatoms. The van der Waals surface area contributed by atoms with E-state index in [0.717, 1.165) is 22.7 Å². The molecule has 2 aromatic heterocycles. The fourth-order valence-electron chi connectivity index (χ4n) is 1.28. The molecule has 0 aliphatic rings. The zero-order chi connectivity index (χ0) is 10.1. The second kappa shape index (κ2) is 3.29. The Balaban J connectivity index is 2.54. The Hall–Kier alpha value is -1.58. The molecule has 2 heterocycles. The van der Waals surface area contributed by atoms with Crippen LogP contribution in [0.3, 0.4) is 0 Å². The standard InChI is InChI=1S/C10H13N3O/c1-6(2)9-12-8-4-7(14-3)5-11-10(8)13-9/h4-6H,1-3H3,(H,11,12,13). The minimum absolute atomic E-state index is 0.384. The Bertz CT molecular complexity index is 448. The van der Waals surface area contributed by atoms with Gasteiger partial charge in [0.1, 0.15) is 11.6 Å². The summed E-state index contributed by atoms with van der Waals surface area (Å²) in [6.07, 6.45) is 1.67. The maximum atomic E-state index is 5.08. The highest BCUT2D eigenvalue weighted by atomic mass is 16.5. The highest BCUT2D eigenvalue weighted by molar-refractivity contribution is 5.72. The average Bonchev–Trinajstić information content (AvgIpc) is 2.59. The van der Waals surface area contributed by atoms with E-state index in [-0.39, 0.29) is 0 Å². The summed E-state index contributed by atoms with van der Waals surface area (Å²) >= 11 is 0. The Kier molecular flexibility index (Phi) is 2.11. The molecule has 0 aromatic carbocycles. The lowest BCUT2D eigenvalue weighted by Crippen LogP contribution is -1.88. The molecule has 0 unspecified atom stereocenters. The summed E-state index contributed by atoms with van der Waals surface area (Å²) in [5, 5.41) is 0. The van der Waals surface area contributed by atoms with Gasteiger partial charge in [-0.1, -0.05) is 13.8 Å². The van der Waals surface area contributed by atoms with Crippen LogP contribution in [-0.4, -0.2) is 22.1 Å². The Morgan fingerprint density at radius 2 is 2.21 bits per heavy atom. The third-order valence-corrected chi connectivity index (χ3v) is 2.11. The first-order valence-corrected chi connectivity index (χ1v) is 4.60. The Labute approximate surface area is 82.3 Å². The molecular formula is C10H13N3O. The largest absolute Gasteiger partial charge is 0.495 e. The number of nitrogens with one attached hydrogen (secondary N) is 1. The molecule has 0 saturated carbocycles. The number of nitrogens with zero attached hydrogens (tertiary/aromatic N) is 2. The van der Waals surface area contributed by atoms with Gasteiger partial charge >= 0.3 is 0 Å². The van der Waals surface area contributed by atoms with Gasteiger partial charge in [-0.15, -0.1) is 0 Å². The third-order valence-electron chi connectivity index (χ3n) is 2.11. The number of imidazole rings is 1. The van der Waals surface area contributed by atoms with Gasteiger partial charge in [0.2, 0.25) is 0 Å². The van der Waals surface area contributed by atoms with Crippen LogP contribution in [0.1, 0.15) is 25.6 Å². The Morgan fingerprint density at radius 3 is 2.86 bits per heavy atom. The highest BCUT2D eigenvalue weighted by Crippen LogP contribution is 2.18. The van der Waals surface area contributed by atoms with Crippen molar-refractivity contribution < 1.29 is 4.74 Å². The maximum absolute atomic E-state index is 5.08. The molecule has 0 bridgehead atoms. The number of fused-ring (bicyclic) bond motifs is 1. The molecule has 14 heavy (non-hydrogen) atoms. The molecule has 0 amide bonds. The summed E-state index contributed by atoms with van der Waals surface area (Å²) in [4.78, 5) is 11.8. The Morgan fingerprint density at radius 1 is 1.43 bits per heavy atom. The van der Waals surface area contributed by atoms with Gasteiger partial charge in [-0.3, -0.25) is 0 Å². The molecule has 2 rings (SSSR count). The van der Waals surface area contributed by atoms with Crippen molar-refractivity contribution >= 4 is 11.2 Å². The van der Waals surface area contributed by atoms with Gasteiger partial charge in [0.05, 0.1) is 18.8 Å². The number of pyridine rings is 1. The van der Waals surface area contributed by atoms with E-state index in [1.165, 1.54) is 0 Å². The molecule has 4 nitrogen and oxygen atoms in total. The SMILES string of the molecule is COc1cnc2nc(C(C)C)[nH]c2c1. The van der Waals surface area contributed by atoms with Crippen molar-refractivity contribution in [3.8, 4) is 5.75 Å². The molecule has 0 atom stereocenters. The molecule has 0 spiro atoms. The third kappa shape index (κ3) is 1.43. The lowest BCUT2D eigenvalue weighted by Gasteiger charge is -1.96. The van der Waals surface area contributed by atoms with Gasteiger partial charge in [0.25, 0.3) is 0 Å². The topological polar surface area (TPSA) is 50.8 Å². The van der Waals surface area contributed by atoms with E-state index < -0.39 is 0 Å². The molecular weight excluding hydrogens is 178 g/mol. The molecule has 1 N–H and O–H groups in total. The summed E-state index contributed by atoms with van der Waals surface area (Å²) in [5.74, 6) is 2.09. The average molecular weight is 191 g/mol. The molecule has 0 aliphatic heterocycles. The van der Waals surface area contributed by atoms with E-state index in [4.69, 9.17) is 4.74 Å². The van der Waals surface area contributed by atoms with Gasteiger partial charge in [-0.05, 0) is 0 Å². The first-order chi connectivity index (χ1) is 6.70. The fourth-order valence-corrected chi connectivity index (χ4v) is 1.28. The van der Waals surface area contributed by atoms with Crippen LogP contribution in [0.5, 0.6) is 5.75 Å². The minimum Gasteiger partial charge on any atom is -0.495 e. The van der Waals surface area contributed by atoms with E-state index in [1.54, 1.807) is 13.3 Å². The number of H-pyrrole nitrogens is 1. The number of ether oxygens (including phenoxy) is 1. The van der Waals surface area contributed by atoms with Crippen LogP contribution in [0.4, 0.5) is 0 Å². The highest BCUT2D eigenvalue weighted by Gasteiger charge is 2.07.